The van der Waals surface area contributed by atoms with Crippen LogP contribution < -0.4 is 38.1 Å². The molecular weight excluding hydrogens is 897 g/mol. The molecule has 0 radical (unpaired) electrons. The predicted octanol–water partition coefficient (Wildman–Crippen LogP) is 4.49. The lowest BCUT2D eigenvalue weighted by atomic mass is 10.0. The average molecular weight is 959 g/mol. The van der Waals surface area contributed by atoms with Gasteiger partial charge in [0.15, 0.2) is 0 Å². The molecule has 2 heterocycles. The van der Waals surface area contributed by atoms with Gasteiger partial charge < -0.3 is 52.8 Å². The van der Waals surface area contributed by atoms with Gasteiger partial charge in [0.1, 0.15) is 24.5 Å². The lowest BCUT2D eigenvalue weighted by Crippen LogP contribution is -2.54. The number of anilines is 1. The van der Waals surface area contributed by atoms with Crippen LogP contribution in [0.3, 0.4) is 0 Å². The average Bonchev–Trinajstić information content (AvgIpc) is 3.45. The van der Waals surface area contributed by atoms with Crippen molar-refractivity contribution in [3.63, 3.8) is 0 Å². The molecular formula is C47H62N10O10S. The number of carbonyl (C=O) groups excluding carboxylic acids is 5. The Labute approximate surface area is 396 Å². The fourth-order valence-electron chi connectivity index (χ4n) is 7.66. The van der Waals surface area contributed by atoms with E-state index in [1.54, 1.807) is 56.3 Å². The van der Waals surface area contributed by atoms with Gasteiger partial charge in [-0.1, -0.05) is 64.1 Å². The highest BCUT2D eigenvalue weighted by atomic mass is 32.2. The maximum absolute atomic E-state index is 13.7. The minimum absolute atomic E-state index is 0.0581. The van der Waals surface area contributed by atoms with Crippen LogP contribution >= 0.6 is 0 Å². The number of ether oxygens (including phenoxy) is 1. The quantitative estimate of drug-likeness (QED) is 0.0649. The van der Waals surface area contributed by atoms with Crippen molar-refractivity contribution in [3.8, 4) is 11.1 Å². The van der Waals surface area contributed by atoms with Crippen LogP contribution in [0.4, 0.5) is 25.8 Å². The molecule has 0 aromatic heterocycles. The number of sulfonamides is 1. The molecule has 2 atom stereocenters. The Morgan fingerprint density at radius 1 is 0.912 bits per heavy atom. The summed E-state index contributed by atoms with van der Waals surface area (Å²) in [6.45, 7) is 9.30. The number of aliphatic imine (C=N–C) groups is 1. The summed E-state index contributed by atoms with van der Waals surface area (Å²) in [5.41, 5.74) is 15.7. The molecule has 7 amide bonds. The van der Waals surface area contributed by atoms with Gasteiger partial charge in [-0.05, 0) is 84.7 Å². The van der Waals surface area contributed by atoms with Gasteiger partial charge >= 0.3 is 18.2 Å². The van der Waals surface area contributed by atoms with Gasteiger partial charge in [-0.2, -0.15) is 4.31 Å². The molecule has 0 spiro atoms. The van der Waals surface area contributed by atoms with Crippen LogP contribution in [0.25, 0.3) is 17.2 Å². The third-order valence-electron chi connectivity index (χ3n) is 11.2. The van der Waals surface area contributed by atoms with E-state index in [2.05, 4.69) is 31.6 Å². The first kappa shape index (κ1) is 52.0. The molecule has 2 unspecified atom stereocenters. The van der Waals surface area contributed by atoms with E-state index < -0.39 is 58.1 Å². The summed E-state index contributed by atoms with van der Waals surface area (Å²) in [6, 6.07) is 15.7. The number of urea groups is 1. The summed E-state index contributed by atoms with van der Waals surface area (Å²) in [4.78, 5) is 81.2. The number of nitrogens with one attached hydrogen (secondary N) is 5. The number of benzene rings is 3. The summed E-state index contributed by atoms with van der Waals surface area (Å²) in [5, 5.41) is 21.7. The number of alkyl carbamates (subject to hydrolysis) is 1. The maximum atomic E-state index is 13.7. The number of nitrogens with zero attached hydrogens (tertiary/aromatic N) is 3. The van der Waals surface area contributed by atoms with Gasteiger partial charge in [0.05, 0.1) is 10.6 Å². The van der Waals surface area contributed by atoms with Crippen LogP contribution in [0.2, 0.25) is 0 Å². The van der Waals surface area contributed by atoms with Crippen LogP contribution in [-0.4, -0.2) is 116 Å². The van der Waals surface area contributed by atoms with Crippen molar-refractivity contribution >= 4 is 69.2 Å². The van der Waals surface area contributed by atoms with E-state index >= 15 is 0 Å². The fraction of sp³-hybridized carbons (Fsp3) is 0.426. The number of nitrogens with two attached hydrogens (primary N) is 2. The normalized spacial score (nSPS) is 14.7. The van der Waals surface area contributed by atoms with Gasteiger partial charge in [-0.25, -0.2) is 27.8 Å². The first-order valence-corrected chi connectivity index (χ1v) is 24.0. The second-order valence-corrected chi connectivity index (χ2v) is 19.0. The van der Waals surface area contributed by atoms with E-state index in [0.717, 1.165) is 24.0 Å². The van der Waals surface area contributed by atoms with Gasteiger partial charge in [-0.3, -0.25) is 14.4 Å². The number of carboxylic acid groups (broad SMARTS) is 1. The molecule has 0 saturated carbocycles. The summed E-state index contributed by atoms with van der Waals surface area (Å²) in [7, 11) is -3.85. The minimum Gasteiger partial charge on any atom is -0.465 e. The Morgan fingerprint density at radius 2 is 1.60 bits per heavy atom. The molecule has 2 aliphatic rings. The van der Waals surface area contributed by atoms with Crippen LogP contribution in [0.1, 0.15) is 70.9 Å². The zero-order chi connectivity index (χ0) is 49.5. The van der Waals surface area contributed by atoms with Gasteiger partial charge in [0.2, 0.25) is 27.7 Å². The Kier molecular flexibility index (Phi) is 18.5. The number of rotatable bonds is 22. The molecule has 1 fully saturated rings. The number of amides is 7. The van der Waals surface area contributed by atoms with Crippen LogP contribution in [0.15, 0.2) is 82.2 Å². The second-order valence-electron chi connectivity index (χ2n) is 17.0. The van der Waals surface area contributed by atoms with Crippen molar-refractivity contribution in [2.75, 3.05) is 44.6 Å². The lowest BCUT2D eigenvalue weighted by molar-refractivity contribution is -0.128. The van der Waals surface area contributed by atoms with Gasteiger partial charge in [0, 0.05) is 68.4 Å². The summed E-state index contributed by atoms with van der Waals surface area (Å²) in [5.74, 6) is -1.57. The summed E-state index contributed by atoms with van der Waals surface area (Å²) >= 11 is 0. The number of hydrogen-bond donors (Lipinski definition) is 8. The number of fused-ring (bicyclic) bond motifs is 1. The molecule has 1 saturated heterocycles. The third-order valence-corrected chi connectivity index (χ3v) is 13.1. The van der Waals surface area contributed by atoms with Gasteiger partial charge in [0.25, 0.3) is 0 Å². The monoisotopic (exact) mass is 958 g/mol. The molecule has 3 aromatic rings. The highest BCUT2D eigenvalue weighted by molar-refractivity contribution is 7.89. The summed E-state index contributed by atoms with van der Waals surface area (Å²) < 4.78 is 34.1. The fourth-order valence-corrected chi connectivity index (χ4v) is 9.29. The first-order valence-electron chi connectivity index (χ1n) is 22.6. The standard InChI is InChI=1S/C47H62N10O10S/c1-5-19-56(20-6-2)44(60)35-21-34-15-14-33(23-39(34)53-40(48)24-35)32-9-7-10-37(22-32)68(65,66)57-26-31(27-57)25-51-47(64)67-28-30-12-16-36(17-13-30)52-42(58)38(11-8-18-50-45(49)61)54-43(59)41(29(3)4)55-46(62)63/h7,9-10,12-17,21-23,29,31,38,41,55H,5-6,8,11,18-20,24-28H2,1-4H3,(H2,48,53)(H,51,64)(H,52,58)(H,54,59)(H,62,63)(H3,49,50,61). The SMILES string of the molecule is CCCN(CCC)C(=O)C1=Cc2ccc(-c3cccc(S(=O)(=O)N4CC(CNC(=O)OCc5ccc(NC(=O)C(CCCNC(N)=O)NC(=O)C(NC(=O)O)C(C)C)cc5)C4)c3)cc2N=C(N)C1. The predicted molar refractivity (Wildman–Crippen MR) is 257 cm³/mol. The molecule has 21 heteroatoms. The van der Waals surface area contributed by atoms with E-state index in [4.69, 9.17) is 16.2 Å². The van der Waals surface area contributed by atoms with E-state index in [9.17, 15) is 42.3 Å². The molecule has 366 valence electrons. The Hall–Kier alpha value is -7.00. The topological polar surface area (TPSA) is 297 Å². The zero-order valence-electron chi connectivity index (χ0n) is 38.7. The summed E-state index contributed by atoms with van der Waals surface area (Å²) in [6.07, 6.45) is 2.04. The first-order chi connectivity index (χ1) is 32.4. The number of carbonyl (C=O) groups is 6. The Morgan fingerprint density at radius 3 is 2.25 bits per heavy atom. The molecule has 5 rings (SSSR count). The van der Waals surface area contributed by atoms with E-state index in [1.807, 2.05) is 49.1 Å². The molecule has 0 bridgehead atoms. The molecule has 0 aliphatic carbocycles. The van der Waals surface area contributed by atoms with Crippen LogP contribution in [0.5, 0.6) is 0 Å². The number of amidine groups is 1. The Bertz CT molecular complexity index is 2480. The molecule has 3 aromatic carbocycles. The number of primary amides is 1. The second kappa shape index (κ2) is 24.1. The molecule has 68 heavy (non-hydrogen) atoms. The van der Waals surface area contributed by atoms with Crippen LogP contribution in [-0.2, 0) is 35.8 Å². The van der Waals surface area contributed by atoms with Crippen LogP contribution in [0, 0.1) is 11.8 Å². The van der Waals surface area contributed by atoms with Crippen molar-refractivity contribution in [2.45, 2.75) is 83.4 Å². The van der Waals surface area contributed by atoms with Crippen molar-refractivity contribution in [1.29, 1.82) is 0 Å². The zero-order valence-corrected chi connectivity index (χ0v) is 39.6. The van der Waals surface area contributed by atoms with Crippen molar-refractivity contribution in [3.05, 3.63) is 83.4 Å². The molecule has 2 aliphatic heterocycles. The third kappa shape index (κ3) is 14.5. The molecule has 20 nitrogen and oxygen atoms in total. The highest BCUT2D eigenvalue weighted by Crippen LogP contribution is 2.34. The largest absolute Gasteiger partial charge is 0.465 e. The van der Waals surface area contributed by atoms with E-state index in [-0.39, 0.29) is 68.8 Å². The van der Waals surface area contributed by atoms with Gasteiger partial charge in [-0.15, -0.1) is 0 Å². The van der Waals surface area contributed by atoms with E-state index in [0.29, 0.717) is 47.0 Å². The highest BCUT2D eigenvalue weighted by Gasteiger charge is 2.37. The minimum atomic E-state index is -3.85. The smallest absolute Gasteiger partial charge is 0.407 e. The lowest BCUT2D eigenvalue weighted by Gasteiger charge is -2.38. The molecule has 10 N–H and O–H groups in total. The van der Waals surface area contributed by atoms with Crippen molar-refractivity contribution in [2.24, 2.45) is 28.3 Å². The van der Waals surface area contributed by atoms with Crippen molar-refractivity contribution in [1.82, 2.24) is 30.5 Å². The van der Waals surface area contributed by atoms with Crippen molar-refractivity contribution < 1.29 is 47.0 Å². The number of hydrogen-bond acceptors (Lipinski definition) is 11. The maximum Gasteiger partial charge on any atom is 0.407 e. The van der Waals surface area contributed by atoms with E-state index in [1.165, 1.54) is 4.31 Å². The Balaban J connectivity index is 1.10.